The molecule has 0 spiro atoms. The molecule has 0 atom stereocenters. The molecule has 6 heteroatoms. The minimum absolute atomic E-state index is 0.0000454. The molecule has 1 aliphatic rings. The third-order valence-corrected chi connectivity index (χ3v) is 3.97. The summed E-state index contributed by atoms with van der Waals surface area (Å²) in [7, 11) is -1.02. The molecule has 2 heterocycles. The molecule has 0 aliphatic carbocycles. The Hall–Kier alpha value is -2.10. The molecule has 1 aromatic heterocycles. The largest absolute Gasteiger partial charge is 0.516 e. The first kappa shape index (κ1) is 9.14. The van der Waals surface area contributed by atoms with Gasteiger partial charge in [0.05, 0.1) is 36.3 Å². The molecule has 1 aliphatic heterocycles. The van der Waals surface area contributed by atoms with Crippen molar-refractivity contribution in [2.45, 2.75) is 38.9 Å². The number of nitrogens with zero attached hydrogens (tertiary/aromatic N) is 3. The molecule has 22 heavy (non-hydrogen) atoms. The summed E-state index contributed by atoms with van der Waals surface area (Å²) in [4.78, 5) is 0. The third-order valence-electron chi connectivity index (χ3n) is 3.97. The van der Waals surface area contributed by atoms with Crippen molar-refractivity contribution in [3.63, 3.8) is 0 Å². The minimum atomic E-state index is -1.02. The molecule has 0 bridgehead atoms. The fraction of sp³-hybridized carbons (Fsp3) is 0.375. The molecule has 5 nitrogen and oxygen atoms in total. The van der Waals surface area contributed by atoms with Crippen LogP contribution in [-0.4, -0.2) is 28.1 Å². The van der Waals surface area contributed by atoms with E-state index >= 15 is 0 Å². The van der Waals surface area contributed by atoms with E-state index in [1.807, 2.05) is 27.7 Å². The van der Waals surface area contributed by atoms with Crippen LogP contribution in [0.15, 0.2) is 36.4 Å². The second-order valence-corrected chi connectivity index (χ2v) is 5.96. The Labute approximate surface area is 139 Å². The van der Waals surface area contributed by atoms with Crippen LogP contribution in [0.3, 0.4) is 0 Å². The Morgan fingerprint density at radius 3 is 2.45 bits per heavy atom. The predicted molar refractivity (Wildman–Crippen MR) is 84.0 cm³/mol. The third kappa shape index (κ3) is 2.33. The van der Waals surface area contributed by atoms with Crippen LogP contribution in [0, 0.1) is 11.3 Å². The Morgan fingerprint density at radius 2 is 1.82 bits per heavy atom. The first-order valence-electron chi connectivity index (χ1n) is 9.76. The zero-order valence-corrected chi connectivity index (χ0v) is 12.7. The van der Waals surface area contributed by atoms with Crippen molar-refractivity contribution in [3.05, 3.63) is 41.9 Å². The molecular formula is C16H18BN3O2. The highest BCUT2D eigenvalue weighted by Gasteiger charge is 2.52. The first-order valence-corrected chi connectivity index (χ1v) is 6.76. The van der Waals surface area contributed by atoms with Gasteiger partial charge >= 0.3 is 7.12 Å². The summed E-state index contributed by atoms with van der Waals surface area (Å²) in [6.07, 6.45) is -0.439. The van der Waals surface area contributed by atoms with Gasteiger partial charge in [0, 0.05) is 6.17 Å². The number of aromatic nitrogens is 2. The summed E-state index contributed by atoms with van der Waals surface area (Å²) >= 11 is 0. The molecular weight excluding hydrogens is 277 g/mol. The van der Waals surface area contributed by atoms with Crippen molar-refractivity contribution < 1.29 is 17.5 Å². The molecule has 112 valence electrons. The van der Waals surface area contributed by atoms with E-state index in [-0.39, 0.29) is 22.9 Å². The maximum atomic E-state index is 9.42. The molecule has 1 saturated heterocycles. The maximum absolute atomic E-state index is 9.42. The van der Waals surface area contributed by atoms with Gasteiger partial charge in [-0.05, 0) is 45.8 Å². The Kier molecular flexibility index (Phi) is 2.07. The van der Waals surface area contributed by atoms with Crippen LogP contribution >= 0.6 is 0 Å². The molecule has 1 fully saturated rings. The van der Waals surface area contributed by atoms with Crippen molar-refractivity contribution in [2.75, 3.05) is 0 Å². The second kappa shape index (κ2) is 4.97. The van der Waals surface area contributed by atoms with Gasteiger partial charge in [-0.15, -0.1) is 0 Å². The number of hydrogen-bond donors (Lipinski definition) is 0. The number of para-hydroxylation sites is 1. The van der Waals surface area contributed by atoms with Crippen LogP contribution in [0.1, 0.15) is 41.5 Å². The van der Waals surface area contributed by atoms with Gasteiger partial charge in [-0.25, -0.2) is 4.68 Å². The van der Waals surface area contributed by atoms with Crippen molar-refractivity contribution in [3.8, 4) is 11.8 Å². The number of nitriles is 1. The summed E-state index contributed by atoms with van der Waals surface area (Å²) in [5.74, 6) is 0. The topological polar surface area (TPSA) is 60.1 Å². The number of benzene rings is 1. The summed E-state index contributed by atoms with van der Waals surface area (Å²) in [5, 5.41) is 13.6. The van der Waals surface area contributed by atoms with Crippen LogP contribution in [0.2, 0.25) is 0 Å². The van der Waals surface area contributed by atoms with E-state index in [1.165, 1.54) is 0 Å². The fourth-order valence-corrected chi connectivity index (χ4v) is 1.98. The monoisotopic (exact) mass is 301 g/mol. The van der Waals surface area contributed by atoms with Gasteiger partial charge in [0.1, 0.15) is 6.07 Å². The Balaban J connectivity index is 2.21. The predicted octanol–water partition coefficient (Wildman–Crippen LogP) is 2.04. The fourth-order valence-electron chi connectivity index (χ4n) is 1.98. The van der Waals surface area contributed by atoms with E-state index in [1.54, 1.807) is 6.07 Å². The lowest BCUT2D eigenvalue weighted by atomic mass is 9.85. The molecule has 0 N–H and O–H groups in total. The molecule has 0 unspecified atom stereocenters. The number of hydrogen-bond acceptors (Lipinski definition) is 4. The van der Waals surface area contributed by atoms with Crippen LogP contribution in [0.4, 0.5) is 0 Å². The van der Waals surface area contributed by atoms with Crippen LogP contribution in [0.25, 0.3) is 5.69 Å². The summed E-state index contributed by atoms with van der Waals surface area (Å²) in [6.45, 7) is 7.32. The van der Waals surface area contributed by atoms with Crippen LogP contribution in [0.5, 0.6) is 0 Å². The van der Waals surface area contributed by atoms with Gasteiger partial charge in [0.15, 0.2) is 0 Å². The highest BCUT2D eigenvalue weighted by atomic mass is 16.7. The van der Waals surface area contributed by atoms with Crippen molar-refractivity contribution in [1.82, 2.24) is 9.78 Å². The lowest BCUT2D eigenvalue weighted by molar-refractivity contribution is 0.00578. The van der Waals surface area contributed by atoms with Crippen molar-refractivity contribution >= 4 is 12.7 Å². The van der Waals surface area contributed by atoms with Crippen molar-refractivity contribution in [1.29, 1.82) is 5.26 Å². The molecule has 3 rings (SSSR count). The lowest BCUT2D eigenvalue weighted by Gasteiger charge is -2.32. The zero-order valence-electron chi connectivity index (χ0n) is 18.7. The van der Waals surface area contributed by atoms with E-state index in [0.29, 0.717) is 0 Å². The van der Waals surface area contributed by atoms with E-state index < -0.39 is 48.7 Å². The second-order valence-electron chi connectivity index (χ2n) is 5.96. The highest BCUT2D eigenvalue weighted by molar-refractivity contribution is 6.61. The SMILES string of the molecule is [2H]c1c([2H])c([2H])c(-n2nc(B3OC(C)(C)C(C)(C)O3)c([2H])c2[2H])c(C#N)c1[2H]. The minimum Gasteiger partial charge on any atom is -0.398 e. The number of rotatable bonds is 2. The van der Waals surface area contributed by atoms with Gasteiger partial charge in [0.25, 0.3) is 0 Å². The quantitative estimate of drug-likeness (QED) is 0.797. The molecule has 0 saturated carbocycles. The zero-order chi connectivity index (χ0) is 21.2. The normalized spacial score (nSPS) is 23.0. The van der Waals surface area contributed by atoms with Crippen LogP contribution in [-0.2, 0) is 9.31 Å². The first-order chi connectivity index (χ1) is 12.8. The maximum Gasteiger partial charge on any atom is 0.516 e. The standard InChI is InChI=1S/C16H18BN3O2/c1-15(2)16(3,4)22-17(21-15)14-9-10-20(19-14)13-8-6-5-7-12(13)11-18/h5-10H,1-4H3/i5D,6D,7D,8D,9D,10D. The summed E-state index contributed by atoms with van der Waals surface area (Å²) in [6, 6.07) is -0.728. The molecule has 1 aromatic carbocycles. The van der Waals surface area contributed by atoms with E-state index in [0.717, 1.165) is 4.68 Å². The Morgan fingerprint density at radius 1 is 1.18 bits per heavy atom. The molecule has 2 aromatic rings. The smallest absolute Gasteiger partial charge is 0.398 e. The molecule has 0 radical (unpaired) electrons. The average Bonchev–Trinajstić information content (AvgIpc) is 3.01. The highest BCUT2D eigenvalue weighted by Crippen LogP contribution is 2.36. The van der Waals surface area contributed by atoms with Gasteiger partial charge in [0.2, 0.25) is 0 Å². The van der Waals surface area contributed by atoms with Gasteiger partial charge < -0.3 is 9.31 Å². The van der Waals surface area contributed by atoms with Gasteiger partial charge in [-0.2, -0.15) is 10.4 Å². The van der Waals surface area contributed by atoms with Crippen LogP contribution < -0.4 is 5.59 Å². The average molecular weight is 301 g/mol. The van der Waals surface area contributed by atoms with E-state index in [4.69, 9.17) is 17.5 Å². The van der Waals surface area contributed by atoms with Gasteiger partial charge in [-0.1, -0.05) is 12.1 Å². The summed E-state index contributed by atoms with van der Waals surface area (Å²) in [5.41, 5.74) is -2.02. The Bertz CT molecular complexity index is 1010. The molecule has 0 amide bonds. The van der Waals surface area contributed by atoms with E-state index in [9.17, 15) is 5.26 Å². The summed E-state index contributed by atoms with van der Waals surface area (Å²) < 4.78 is 60.6. The van der Waals surface area contributed by atoms with E-state index in [2.05, 4.69) is 5.10 Å². The van der Waals surface area contributed by atoms with Crippen molar-refractivity contribution in [2.24, 2.45) is 0 Å². The lowest BCUT2D eigenvalue weighted by Crippen LogP contribution is -2.41. The van der Waals surface area contributed by atoms with Gasteiger partial charge in [-0.3, -0.25) is 0 Å².